The minimum Gasteiger partial charge on any atom is -0.369 e. The quantitative estimate of drug-likeness (QED) is 0.521. The SMILES string of the molecule is NC(=O)CSc1nnc2n(-c3ccccc3)c(=O)c3c4c(sc3n12)CCCC4. The highest BCUT2D eigenvalue weighted by Gasteiger charge is 2.25. The molecule has 1 aliphatic carbocycles. The van der Waals surface area contributed by atoms with E-state index in [4.69, 9.17) is 5.73 Å². The molecule has 0 unspecified atom stereocenters. The maximum atomic E-state index is 13.6. The number of fused-ring (bicyclic) bond motifs is 5. The van der Waals surface area contributed by atoms with E-state index in [1.54, 1.807) is 15.9 Å². The number of aromatic nitrogens is 4. The summed E-state index contributed by atoms with van der Waals surface area (Å²) in [6.45, 7) is 0. The Labute approximate surface area is 168 Å². The zero-order chi connectivity index (χ0) is 19.3. The van der Waals surface area contributed by atoms with Gasteiger partial charge in [-0.3, -0.25) is 9.59 Å². The van der Waals surface area contributed by atoms with Crippen molar-refractivity contribution in [2.75, 3.05) is 5.75 Å². The van der Waals surface area contributed by atoms with Crippen molar-refractivity contribution >= 4 is 45.0 Å². The first kappa shape index (κ1) is 17.4. The monoisotopic (exact) mass is 411 g/mol. The number of carbonyl (C=O) groups is 1. The predicted molar refractivity (Wildman–Crippen MR) is 111 cm³/mol. The molecule has 0 aliphatic heterocycles. The molecule has 28 heavy (non-hydrogen) atoms. The molecule has 7 nitrogen and oxygen atoms in total. The van der Waals surface area contributed by atoms with Crippen molar-refractivity contribution in [3.05, 3.63) is 51.1 Å². The van der Waals surface area contributed by atoms with Gasteiger partial charge in [0, 0.05) is 4.88 Å². The highest BCUT2D eigenvalue weighted by molar-refractivity contribution is 7.99. The van der Waals surface area contributed by atoms with E-state index in [-0.39, 0.29) is 11.3 Å². The van der Waals surface area contributed by atoms with Gasteiger partial charge in [-0.15, -0.1) is 21.5 Å². The maximum Gasteiger partial charge on any atom is 0.268 e. The largest absolute Gasteiger partial charge is 0.369 e. The van der Waals surface area contributed by atoms with E-state index in [0.29, 0.717) is 10.9 Å². The number of hydrogen-bond donors (Lipinski definition) is 1. The summed E-state index contributed by atoms with van der Waals surface area (Å²) in [6, 6.07) is 9.47. The molecule has 3 heterocycles. The van der Waals surface area contributed by atoms with Gasteiger partial charge < -0.3 is 5.73 Å². The molecule has 0 spiro atoms. The number of hydrogen-bond acceptors (Lipinski definition) is 6. The number of nitrogens with two attached hydrogens (primary N) is 1. The molecular formula is C19H17N5O2S2. The lowest BCUT2D eigenvalue weighted by Crippen LogP contribution is -2.22. The van der Waals surface area contributed by atoms with Crippen LogP contribution in [0.1, 0.15) is 23.3 Å². The summed E-state index contributed by atoms with van der Waals surface area (Å²) in [5.74, 6) is 0.145. The van der Waals surface area contributed by atoms with Crippen LogP contribution in [-0.4, -0.2) is 30.8 Å². The minimum atomic E-state index is -0.417. The first-order valence-corrected chi connectivity index (χ1v) is 10.9. The summed E-state index contributed by atoms with van der Waals surface area (Å²) in [6.07, 6.45) is 4.14. The lowest BCUT2D eigenvalue weighted by Gasteiger charge is -2.12. The number of amides is 1. The summed E-state index contributed by atoms with van der Waals surface area (Å²) in [7, 11) is 0. The van der Waals surface area contributed by atoms with Gasteiger partial charge in [-0.05, 0) is 43.4 Å². The van der Waals surface area contributed by atoms with Gasteiger partial charge in [-0.2, -0.15) is 0 Å². The molecule has 142 valence electrons. The Bertz CT molecular complexity index is 1270. The van der Waals surface area contributed by atoms with Crippen molar-refractivity contribution in [3.8, 4) is 5.69 Å². The second-order valence-corrected chi connectivity index (χ2v) is 8.77. The Morgan fingerprint density at radius 3 is 2.75 bits per heavy atom. The summed E-state index contributed by atoms with van der Waals surface area (Å²) < 4.78 is 3.52. The van der Waals surface area contributed by atoms with Crippen molar-refractivity contribution in [2.24, 2.45) is 5.73 Å². The van der Waals surface area contributed by atoms with Crippen LogP contribution in [0, 0.1) is 0 Å². The number of thioether (sulfide) groups is 1. The molecule has 0 atom stereocenters. The van der Waals surface area contributed by atoms with E-state index >= 15 is 0 Å². The van der Waals surface area contributed by atoms with Crippen LogP contribution >= 0.6 is 23.1 Å². The molecule has 3 aromatic heterocycles. The number of benzene rings is 1. The van der Waals surface area contributed by atoms with E-state index < -0.39 is 5.91 Å². The fourth-order valence-electron chi connectivity index (χ4n) is 3.76. The number of aryl methyl sites for hydroxylation is 2. The van der Waals surface area contributed by atoms with Crippen LogP contribution in [0.15, 0.2) is 40.3 Å². The molecule has 0 fully saturated rings. The van der Waals surface area contributed by atoms with E-state index in [1.165, 1.54) is 16.6 Å². The second-order valence-electron chi connectivity index (χ2n) is 6.74. The second kappa shape index (κ2) is 6.75. The minimum absolute atomic E-state index is 0.0630. The van der Waals surface area contributed by atoms with Crippen LogP contribution in [0.2, 0.25) is 0 Å². The van der Waals surface area contributed by atoms with Gasteiger partial charge in [0.05, 0.1) is 16.8 Å². The average molecular weight is 412 g/mol. The Kier molecular flexibility index (Phi) is 4.21. The summed E-state index contributed by atoms with van der Waals surface area (Å²) in [5, 5.41) is 9.88. The lowest BCUT2D eigenvalue weighted by atomic mass is 9.97. The van der Waals surface area contributed by atoms with Gasteiger partial charge in [0.2, 0.25) is 11.7 Å². The third-order valence-corrected chi connectivity index (χ3v) is 7.18. The number of primary amides is 1. The first-order chi connectivity index (χ1) is 13.6. The normalized spacial score (nSPS) is 13.9. The molecule has 1 aliphatic rings. The number of para-hydroxylation sites is 1. The summed E-state index contributed by atoms with van der Waals surface area (Å²) >= 11 is 2.88. The molecule has 4 aromatic rings. The molecule has 2 N–H and O–H groups in total. The van der Waals surface area contributed by atoms with Crippen LogP contribution in [0.4, 0.5) is 0 Å². The van der Waals surface area contributed by atoms with E-state index in [2.05, 4.69) is 10.2 Å². The zero-order valence-electron chi connectivity index (χ0n) is 14.9. The smallest absolute Gasteiger partial charge is 0.268 e. The highest BCUT2D eigenvalue weighted by atomic mass is 32.2. The lowest BCUT2D eigenvalue weighted by molar-refractivity contribution is -0.115. The van der Waals surface area contributed by atoms with Gasteiger partial charge in [-0.25, -0.2) is 8.97 Å². The fourth-order valence-corrected chi connectivity index (χ4v) is 5.86. The Morgan fingerprint density at radius 1 is 1.18 bits per heavy atom. The highest BCUT2D eigenvalue weighted by Crippen LogP contribution is 2.36. The molecular weight excluding hydrogens is 394 g/mol. The summed E-state index contributed by atoms with van der Waals surface area (Å²) in [4.78, 5) is 27.0. The average Bonchev–Trinajstić information content (AvgIpc) is 3.28. The van der Waals surface area contributed by atoms with E-state index in [9.17, 15) is 9.59 Å². The van der Waals surface area contributed by atoms with Crippen LogP contribution in [0.5, 0.6) is 0 Å². The third-order valence-electron chi connectivity index (χ3n) is 4.95. The van der Waals surface area contributed by atoms with Crippen molar-refractivity contribution in [1.29, 1.82) is 0 Å². The van der Waals surface area contributed by atoms with E-state index in [0.717, 1.165) is 47.2 Å². The Balaban J connectivity index is 1.89. The van der Waals surface area contributed by atoms with Crippen molar-refractivity contribution in [1.82, 2.24) is 19.2 Å². The van der Waals surface area contributed by atoms with Crippen LogP contribution in [0.25, 0.3) is 21.7 Å². The molecule has 0 saturated heterocycles. The molecule has 9 heteroatoms. The van der Waals surface area contributed by atoms with Crippen molar-refractivity contribution < 1.29 is 4.79 Å². The fraction of sp³-hybridized carbons (Fsp3) is 0.263. The van der Waals surface area contributed by atoms with Gasteiger partial charge >= 0.3 is 0 Å². The molecule has 1 aromatic carbocycles. The van der Waals surface area contributed by atoms with Crippen LogP contribution < -0.4 is 11.3 Å². The molecule has 1 amide bonds. The van der Waals surface area contributed by atoms with Crippen molar-refractivity contribution in [2.45, 2.75) is 30.8 Å². The van der Waals surface area contributed by atoms with Crippen LogP contribution in [0.3, 0.4) is 0 Å². The van der Waals surface area contributed by atoms with Crippen LogP contribution in [-0.2, 0) is 17.6 Å². The van der Waals surface area contributed by atoms with Gasteiger partial charge in [0.1, 0.15) is 4.83 Å². The van der Waals surface area contributed by atoms with Gasteiger partial charge in [0.15, 0.2) is 5.16 Å². The Hall–Kier alpha value is -2.65. The molecule has 5 rings (SSSR count). The topological polar surface area (TPSA) is 95.3 Å². The van der Waals surface area contributed by atoms with Gasteiger partial charge in [0.25, 0.3) is 5.56 Å². The Morgan fingerprint density at radius 2 is 1.96 bits per heavy atom. The number of nitrogens with zero attached hydrogens (tertiary/aromatic N) is 4. The molecule has 0 bridgehead atoms. The van der Waals surface area contributed by atoms with Gasteiger partial charge in [-0.1, -0.05) is 30.0 Å². The molecule has 0 saturated carbocycles. The third kappa shape index (κ3) is 2.65. The van der Waals surface area contributed by atoms with E-state index in [1.807, 2.05) is 34.7 Å². The predicted octanol–water partition coefficient (Wildman–Crippen LogP) is 2.55. The summed E-state index contributed by atoms with van der Waals surface area (Å²) in [5.41, 5.74) is 7.16. The number of thiophene rings is 1. The number of carbonyl (C=O) groups excluding carboxylic acids is 1. The first-order valence-electron chi connectivity index (χ1n) is 9.06. The number of rotatable bonds is 4. The zero-order valence-corrected chi connectivity index (χ0v) is 16.6. The van der Waals surface area contributed by atoms with Crippen molar-refractivity contribution in [3.63, 3.8) is 0 Å². The maximum absolute atomic E-state index is 13.6. The standard InChI is InChI=1S/C19H17N5O2S2/c20-14(25)10-27-19-22-21-18-23(11-6-2-1-3-7-11)16(26)15-12-8-4-5-9-13(12)28-17(15)24(18)19/h1-3,6-7H,4-5,8-10H2,(H2,20,25). The molecule has 0 radical (unpaired) electrons.